The van der Waals surface area contributed by atoms with Crippen LogP contribution in [0.25, 0.3) is 0 Å². The second-order valence-corrected chi connectivity index (χ2v) is 7.89. The Morgan fingerprint density at radius 2 is 1.86 bits per heavy atom. The van der Waals surface area contributed by atoms with E-state index in [9.17, 15) is 4.79 Å². The van der Waals surface area contributed by atoms with Gasteiger partial charge in [0.1, 0.15) is 5.60 Å². The molecule has 22 heavy (non-hydrogen) atoms. The number of ether oxygens (including phenoxy) is 1. The number of anilines is 2. The molecule has 122 valence electrons. The number of rotatable bonds is 2. The van der Waals surface area contributed by atoms with Gasteiger partial charge in [0, 0.05) is 43.0 Å². The first-order chi connectivity index (χ1) is 10.3. The summed E-state index contributed by atoms with van der Waals surface area (Å²) in [6.45, 7) is 9.82. The molecular formula is C17H26N2O2S. The molecule has 0 atom stereocenters. The number of amides is 1. The van der Waals surface area contributed by atoms with E-state index in [1.165, 1.54) is 5.69 Å². The van der Waals surface area contributed by atoms with Gasteiger partial charge >= 0.3 is 6.09 Å². The number of hydrogen-bond acceptors (Lipinski definition) is 4. The smallest absolute Gasteiger partial charge is 0.414 e. The number of nitrogens with zero attached hydrogens (tertiary/aromatic N) is 2. The third-order valence-corrected chi connectivity index (χ3v) is 4.42. The van der Waals surface area contributed by atoms with Crippen molar-refractivity contribution in [3.05, 3.63) is 23.8 Å². The third kappa shape index (κ3) is 4.57. The van der Waals surface area contributed by atoms with Crippen LogP contribution in [0, 0.1) is 6.92 Å². The topological polar surface area (TPSA) is 32.8 Å². The zero-order chi connectivity index (χ0) is 16.3. The van der Waals surface area contributed by atoms with E-state index in [1.54, 1.807) is 11.9 Å². The Morgan fingerprint density at radius 3 is 2.45 bits per heavy atom. The van der Waals surface area contributed by atoms with Gasteiger partial charge < -0.3 is 9.64 Å². The van der Waals surface area contributed by atoms with E-state index >= 15 is 0 Å². The minimum Gasteiger partial charge on any atom is -0.443 e. The molecule has 1 aromatic carbocycles. The molecule has 0 aliphatic carbocycles. The molecule has 0 saturated carbocycles. The zero-order valence-electron chi connectivity index (χ0n) is 14.2. The Labute approximate surface area is 137 Å². The molecule has 1 amide bonds. The van der Waals surface area contributed by atoms with Crippen LogP contribution in [0.15, 0.2) is 18.2 Å². The van der Waals surface area contributed by atoms with Crippen molar-refractivity contribution in [1.29, 1.82) is 0 Å². The quantitative estimate of drug-likeness (QED) is 0.826. The number of hydrogen-bond donors (Lipinski definition) is 0. The largest absolute Gasteiger partial charge is 0.443 e. The molecule has 4 nitrogen and oxygen atoms in total. The van der Waals surface area contributed by atoms with Crippen LogP contribution >= 0.6 is 11.8 Å². The van der Waals surface area contributed by atoms with Crippen LogP contribution in [0.4, 0.5) is 16.2 Å². The van der Waals surface area contributed by atoms with E-state index < -0.39 is 5.60 Å². The van der Waals surface area contributed by atoms with E-state index in [4.69, 9.17) is 4.74 Å². The highest BCUT2D eigenvalue weighted by Crippen LogP contribution is 2.27. The lowest BCUT2D eigenvalue weighted by atomic mass is 10.1. The molecule has 1 fully saturated rings. The minimum absolute atomic E-state index is 0.321. The second kappa shape index (κ2) is 6.82. The molecule has 1 aliphatic rings. The number of thioether (sulfide) groups is 1. The monoisotopic (exact) mass is 322 g/mol. The molecule has 1 heterocycles. The number of benzene rings is 1. The van der Waals surface area contributed by atoms with Crippen LogP contribution in [0.1, 0.15) is 26.3 Å². The van der Waals surface area contributed by atoms with E-state index in [0.29, 0.717) is 0 Å². The van der Waals surface area contributed by atoms with E-state index in [2.05, 4.69) is 24.0 Å². The van der Waals surface area contributed by atoms with Crippen molar-refractivity contribution in [3.8, 4) is 0 Å². The van der Waals surface area contributed by atoms with Gasteiger partial charge in [-0.1, -0.05) is 0 Å². The van der Waals surface area contributed by atoms with Gasteiger partial charge in [0.05, 0.1) is 0 Å². The van der Waals surface area contributed by atoms with Gasteiger partial charge in [0.2, 0.25) is 0 Å². The Hall–Kier alpha value is -1.36. The molecule has 5 heteroatoms. The lowest BCUT2D eigenvalue weighted by molar-refractivity contribution is 0.0589. The molecule has 1 aromatic rings. The van der Waals surface area contributed by atoms with Crippen LogP contribution in [0.5, 0.6) is 0 Å². The number of carbonyl (C=O) groups is 1. The van der Waals surface area contributed by atoms with E-state index in [0.717, 1.165) is 35.8 Å². The molecule has 0 N–H and O–H groups in total. The van der Waals surface area contributed by atoms with Gasteiger partial charge in [-0.05, 0) is 51.5 Å². The van der Waals surface area contributed by atoms with Crippen LogP contribution in [0.2, 0.25) is 0 Å². The number of aryl methyl sites for hydroxylation is 1. The van der Waals surface area contributed by atoms with Crippen LogP contribution in [-0.4, -0.2) is 43.3 Å². The summed E-state index contributed by atoms with van der Waals surface area (Å²) in [6.07, 6.45) is -0.321. The maximum absolute atomic E-state index is 12.2. The molecule has 0 bridgehead atoms. The maximum Gasteiger partial charge on any atom is 0.414 e. The summed E-state index contributed by atoms with van der Waals surface area (Å²) in [5, 5.41) is 0. The van der Waals surface area contributed by atoms with Gasteiger partial charge in [-0.3, -0.25) is 4.90 Å². The predicted molar refractivity (Wildman–Crippen MR) is 95.4 cm³/mol. The standard InChI is InChI=1S/C17H26N2O2S/c1-13-10-14(18(5)16(20)21-17(2,3)4)12-15(11-13)19-6-8-22-9-7-19/h10-12H,6-9H2,1-5H3. The van der Waals surface area contributed by atoms with Crippen LogP contribution in [0.3, 0.4) is 0 Å². The van der Waals surface area contributed by atoms with Crippen molar-refractivity contribution in [3.63, 3.8) is 0 Å². The summed E-state index contributed by atoms with van der Waals surface area (Å²) in [5.74, 6) is 2.32. The van der Waals surface area contributed by atoms with Gasteiger partial charge in [0.25, 0.3) is 0 Å². The van der Waals surface area contributed by atoms with Gasteiger partial charge in [-0.15, -0.1) is 0 Å². The first kappa shape index (κ1) is 17.0. The first-order valence-corrected chi connectivity index (χ1v) is 8.83. The first-order valence-electron chi connectivity index (χ1n) is 7.67. The maximum atomic E-state index is 12.2. The van der Waals surface area contributed by atoms with Crippen molar-refractivity contribution < 1.29 is 9.53 Å². The normalized spacial score (nSPS) is 15.6. The average Bonchev–Trinajstić information content (AvgIpc) is 2.45. The minimum atomic E-state index is -0.484. The highest BCUT2D eigenvalue weighted by Gasteiger charge is 2.21. The molecular weight excluding hydrogens is 296 g/mol. The highest BCUT2D eigenvalue weighted by atomic mass is 32.2. The van der Waals surface area contributed by atoms with Crippen LogP contribution in [-0.2, 0) is 4.74 Å². The third-order valence-electron chi connectivity index (χ3n) is 3.48. The summed E-state index contributed by atoms with van der Waals surface area (Å²) in [6, 6.07) is 6.28. The Kier molecular flexibility index (Phi) is 5.27. The molecule has 0 aromatic heterocycles. The Balaban J connectivity index is 2.19. The average molecular weight is 322 g/mol. The van der Waals surface area contributed by atoms with Crippen molar-refractivity contribution in [2.75, 3.05) is 41.4 Å². The zero-order valence-corrected chi connectivity index (χ0v) is 15.0. The fraction of sp³-hybridized carbons (Fsp3) is 0.588. The lowest BCUT2D eigenvalue weighted by Gasteiger charge is -2.30. The van der Waals surface area contributed by atoms with Gasteiger partial charge in [0.15, 0.2) is 0 Å². The molecule has 0 unspecified atom stereocenters. The lowest BCUT2D eigenvalue weighted by Crippen LogP contribution is -2.35. The highest BCUT2D eigenvalue weighted by molar-refractivity contribution is 7.99. The Morgan fingerprint density at radius 1 is 1.23 bits per heavy atom. The molecule has 2 rings (SSSR count). The molecule has 1 aliphatic heterocycles. The SMILES string of the molecule is Cc1cc(N2CCSCC2)cc(N(C)C(=O)OC(C)(C)C)c1. The predicted octanol–water partition coefficient (Wildman–Crippen LogP) is 3.92. The van der Waals surface area contributed by atoms with Gasteiger partial charge in [-0.2, -0.15) is 11.8 Å². The second-order valence-electron chi connectivity index (χ2n) is 6.67. The van der Waals surface area contributed by atoms with E-state index in [-0.39, 0.29) is 6.09 Å². The molecule has 0 spiro atoms. The van der Waals surface area contributed by atoms with E-state index in [1.807, 2.05) is 38.6 Å². The number of carbonyl (C=O) groups excluding carboxylic acids is 1. The van der Waals surface area contributed by atoms with Crippen molar-refractivity contribution in [2.45, 2.75) is 33.3 Å². The van der Waals surface area contributed by atoms with Crippen molar-refractivity contribution >= 4 is 29.2 Å². The molecule has 1 saturated heterocycles. The summed E-state index contributed by atoms with van der Waals surface area (Å²) in [4.78, 5) is 16.2. The summed E-state index contributed by atoms with van der Waals surface area (Å²) in [5.41, 5.74) is 2.73. The van der Waals surface area contributed by atoms with Gasteiger partial charge in [-0.25, -0.2) is 4.79 Å². The van der Waals surface area contributed by atoms with Crippen molar-refractivity contribution in [2.24, 2.45) is 0 Å². The summed E-state index contributed by atoms with van der Waals surface area (Å²) >= 11 is 1.99. The molecule has 0 radical (unpaired) electrons. The Bertz CT molecular complexity index is 534. The van der Waals surface area contributed by atoms with Crippen molar-refractivity contribution in [1.82, 2.24) is 0 Å². The fourth-order valence-corrected chi connectivity index (χ4v) is 3.28. The summed E-state index contributed by atoms with van der Waals surface area (Å²) in [7, 11) is 1.76. The van der Waals surface area contributed by atoms with Crippen LogP contribution < -0.4 is 9.80 Å². The fourth-order valence-electron chi connectivity index (χ4n) is 2.38. The summed E-state index contributed by atoms with van der Waals surface area (Å²) < 4.78 is 5.45.